The first-order valence-electron chi connectivity index (χ1n) is 4.43. The second-order valence-corrected chi connectivity index (χ2v) is 3.94. The summed E-state index contributed by atoms with van der Waals surface area (Å²) >= 11 is 3.49. The summed E-state index contributed by atoms with van der Waals surface area (Å²) in [5.41, 5.74) is 2.62. The van der Waals surface area contributed by atoms with Gasteiger partial charge in [-0.1, -0.05) is 28.1 Å². The number of hydrogen-bond acceptors (Lipinski definition) is 1. The summed E-state index contributed by atoms with van der Waals surface area (Å²) in [5.74, 6) is 0. The van der Waals surface area contributed by atoms with Crippen molar-refractivity contribution >= 4 is 22.2 Å². The van der Waals surface area contributed by atoms with Crippen LogP contribution in [0, 0.1) is 6.92 Å². The van der Waals surface area contributed by atoms with Gasteiger partial charge in [-0.05, 0) is 37.0 Å². The van der Waals surface area contributed by atoms with E-state index in [1.807, 2.05) is 12.1 Å². The first kappa shape index (κ1) is 10.5. The van der Waals surface area contributed by atoms with Gasteiger partial charge < -0.3 is 4.79 Å². The average Bonchev–Trinajstić information content (AvgIpc) is 2.13. The summed E-state index contributed by atoms with van der Waals surface area (Å²) in [6.45, 7) is 2.10. The van der Waals surface area contributed by atoms with Crippen molar-refractivity contribution in [3.63, 3.8) is 0 Å². The lowest BCUT2D eigenvalue weighted by atomic mass is 10.0. The molecule has 0 bridgehead atoms. The number of rotatable bonds is 4. The summed E-state index contributed by atoms with van der Waals surface area (Å²) in [7, 11) is 0. The molecule has 2 heteroatoms. The maximum atomic E-state index is 10.1. The standard InChI is InChI=1S/C11H13BrO/c1-9-10(5-2-3-8-13)6-4-7-11(9)12/h4,6-8H,2-3,5H2,1H3. The Morgan fingerprint density at radius 3 is 2.92 bits per heavy atom. The maximum absolute atomic E-state index is 10.1. The van der Waals surface area contributed by atoms with Gasteiger partial charge in [0, 0.05) is 10.9 Å². The lowest BCUT2D eigenvalue weighted by Crippen LogP contribution is -1.90. The summed E-state index contributed by atoms with van der Waals surface area (Å²) in [6, 6.07) is 6.19. The molecule has 0 radical (unpaired) electrons. The molecular weight excluding hydrogens is 228 g/mol. The Morgan fingerprint density at radius 2 is 2.23 bits per heavy atom. The van der Waals surface area contributed by atoms with Crippen LogP contribution < -0.4 is 0 Å². The second kappa shape index (κ2) is 5.18. The van der Waals surface area contributed by atoms with Crippen molar-refractivity contribution in [3.05, 3.63) is 33.8 Å². The van der Waals surface area contributed by atoms with Gasteiger partial charge in [0.25, 0.3) is 0 Å². The Labute approximate surface area is 87.3 Å². The van der Waals surface area contributed by atoms with Crippen LogP contribution >= 0.6 is 15.9 Å². The van der Waals surface area contributed by atoms with E-state index in [9.17, 15) is 4.79 Å². The van der Waals surface area contributed by atoms with Gasteiger partial charge in [0.05, 0.1) is 0 Å². The van der Waals surface area contributed by atoms with E-state index in [1.165, 1.54) is 11.1 Å². The fourth-order valence-corrected chi connectivity index (χ4v) is 1.71. The molecule has 1 aromatic rings. The maximum Gasteiger partial charge on any atom is 0.120 e. The van der Waals surface area contributed by atoms with Crippen LogP contribution in [0.2, 0.25) is 0 Å². The molecule has 0 aliphatic heterocycles. The molecule has 1 aromatic carbocycles. The van der Waals surface area contributed by atoms with Crippen LogP contribution in [-0.2, 0) is 11.2 Å². The monoisotopic (exact) mass is 240 g/mol. The van der Waals surface area contributed by atoms with E-state index in [2.05, 4.69) is 28.9 Å². The Morgan fingerprint density at radius 1 is 1.46 bits per heavy atom. The molecule has 1 nitrogen and oxygen atoms in total. The zero-order valence-electron chi connectivity index (χ0n) is 7.72. The highest BCUT2D eigenvalue weighted by Crippen LogP contribution is 2.20. The minimum absolute atomic E-state index is 0.659. The highest BCUT2D eigenvalue weighted by atomic mass is 79.9. The molecule has 0 heterocycles. The molecule has 0 spiro atoms. The first-order chi connectivity index (χ1) is 6.25. The largest absolute Gasteiger partial charge is 0.303 e. The third-order valence-corrected chi connectivity index (χ3v) is 3.01. The molecule has 0 aromatic heterocycles. The number of unbranched alkanes of at least 4 members (excludes halogenated alkanes) is 1. The molecule has 0 fully saturated rings. The van der Waals surface area contributed by atoms with Crippen molar-refractivity contribution in [2.45, 2.75) is 26.2 Å². The summed E-state index contributed by atoms with van der Waals surface area (Å²) in [4.78, 5) is 10.1. The number of benzene rings is 1. The van der Waals surface area contributed by atoms with Crippen LogP contribution in [0.25, 0.3) is 0 Å². The smallest absolute Gasteiger partial charge is 0.120 e. The van der Waals surface area contributed by atoms with E-state index >= 15 is 0 Å². The van der Waals surface area contributed by atoms with Gasteiger partial charge in [-0.25, -0.2) is 0 Å². The number of hydrogen-bond donors (Lipinski definition) is 0. The molecule has 1 rings (SSSR count). The van der Waals surface area contributed by atoms with E-state index < -0.39 is 0 Å². The lowest BCUT2D eigenvalue weighted by molar-refractivity contribution is -0.107. The minimum Gasteiger partial charge on any atom is -0.303 e. The highest BCUT2D eigenvalue weighted by molar-refractivity contribution is 9.10. The number of aryl methyl sites for hydroxylation is 1. The third kappa shape index (κ3) is 2.96. The van der Waals surface area contributed by atoms with Gasteiger partial charge in [0.2, 0.25) is 0 Å². The molecule has 0 unspecified atom stereocenters. The Hall–Kier alpha value is -0.630. The highest BCUT2D eigenvalue weighted by Gasteiger charge is 2.00. The summed E-state index contributed by atoms with van der Waals surface area (Å²) in [5, 5.41) is 0. The van der Waals surface area contributed by atoms with Gasteiger partial charge in [0.15, 0.2) is 0 Å². The molecule has 0 aliphatic rings. The van der Waals surface area contributed by atoms with E-state index in [0.29, 0.717) is 6.42 Å². The van der Waals surface area contributed by atoms with Crippen LogP contribution in [0.1, 0.15) is 24.0 Å². The van der Waals surface area contributed by atoms with Crippen molar-refractivity contribution in [3.8, 4) is 0 Å². The van der Waals surface area contributed by atoms with Gasteiger partial charge >= 0.3 is 0 Å². The van der Waals surface area contributed by atoms with E-state index in [-0.39, 0.29) is 0 Å². The molecule has 0 amide bonds. The molecule has 0 saturated heterocycles. The normalized spacial score (nSPS) is 10.0. The van der Waals surface area contributed by atoms with Crippen LogP contribution in [0.4, 0.5) is 0 Å². The number of aldehydes is 1. The molecule has 0 atom stereocenters. The molecule has 0 aliphatic carbocycles. The Bertz CT molecular complexity index is 294. The summed E-state index contributed by atoms with van der Waals surface area (Å²) in [6.07, 6.45) is 3.57. The van der Waals surface area contributed by atoms with Gasteiger partial charge in [-0.15, -0.1) is 0 Å². The molecular formula is C11H13BrO. The Balaban J connectivity index is 2.65. The molecule has 13 heavy (non-hydrogen) atoms. The van der Waals surface area contributed by atoms with Crippen molar-refractivity contribution < 1.29 is 4.79 Å². The van der Waals surface area contributed by atoms with E-state index in [0.717, 1.165) is 23.6 Å². The van der Waals surface area contributed by atoms with Crippen molar-refractivity contribution in [2.75, 3.05) is 0 Å². The predicted octanol–water partition coefficient (Wildman–Crippen LogP) is 3.28. The predicted molar refractivity (Wildman–Crippen MR) is 57.9 cm³/mol. The van der Waals surface area contributed by atoms with Crippen molar-refractivity contribution in [2.24, 2.45) is 0 Å². The molecule has 70 valence electrons. The zero-order valence-corrected chi connectivity index (χ0v) is 9.30. The fraction of sp³-hybridized carbons (Fsp3) is 0.364. The quantitative estimate of drug-likeness (QED) is 0.584. The fourth-order valence-electron chi connectivity index (χ4n) is 1.30. The number of carbonyl (C=O) groups excluding carboxylic acids is 1. The van der Waals surface area contributed by atoms with Gasteiger partial charge in [-0.3, -0.25) is 0 Å². The van der Waals surface area contributed by atoms with Crippen LogP contribution in [0.3, 0.4) is 0 Å². The van der Waals surface area contributed by atoms with Gasteiger partial charge in [0.1, 0.15) is 6.29 Å². The minimum atomic E-state index is 0.659. The average molecular weight is 241 g/mol. The van der Waals surface area contributed by atoms with E-state index in [4.69, 9.17) is 0 Å². The van der Waals surface area contributed by atoms with Crippen LogP contribution in [0.15, 0.2) is 22.7 Å². The lowest BCUT2D eigenvalue weighted by Gasteiger charge is -2.05. The van der Waals surface area contributed by atoms with Crippen LogP contribution in [-0.4, -0.2) is 6.29 Å². The van der Waals surface area contributed by atoms with Crippen LogP contribution in [0.5, 0.6) is 0 Å². The van der Waals surface area contributed by atoms with E-state index in [1.54, 1.807) is 0 Å². The second-order valence-electron chi connectivity index (χ2n) is 3.08. The molecule has 0 N–H and O–H groups in total. The topological polar surface area (TPSA) is 17.1 Å². The van der Waals surface area contributed by atoms with Crippen molar-refractivity contribution in [1.82, 2.24) is 0 Å². The first-order valence-corrected chi connectivity index (χ1v) is 5.22. The third-order valence-electron chi connectivity index (χ3n) is 2.15. The van der Waals surface area contributed by atoms with Gasteiger partial charge in [-0.2, -0.15) is 0 Å². The molecule has 0 saturated carbocycles. The number of halogens is 1. The number of carbonyl (C=O) groups is 1. The summed E-state index contributed by atoms with van der Waals surface area (Å²) < 4.78 is 1.15. The Kier molecular flexibility index (Phi) is 4.16. The van der Waals surface area contributed by atoms with Crippen molar-refractivity contribution in [1.29, 1.82) is 0 Å². The zero-order chi connectivity index (χ0) is 9.68. The SMILES string of the molecule is Cc1c(Br)cccc1CCCC=O.